The maximum absolute atomic E-state index is 14.5. The molecule has 2 N–H and O–H groups in total. The molecule has 0 amide bonds. The Bertz CT molecular complexity index is 1020. The summed E-state index contributed by atoms with van der Waals surface area (Å²) in [5.74, 6) is 0.654. The van der Waals surface area contributed by atoms with E-state index in [9.17, 15) is 4.39 Å². The summed E-state index contributed by atoms with van der Waals surface area (Å²) >= 11 is 0. The summed E-state index contributed by atoms with van der Waals surface area (Å²) < 4.78 is 21.8. The molecule has 148 valence electrons. The predicted octanol–water partition coefficient (Wildman–Crippen LogP) is 4.01. The zero-order chi connectivity index (χ0) is 18.6. The number of halogens is 2. The molecule has 0 bridgehead atoms. The Morgan fingerprint density at radius 3 is 2.71 bits per heavy atom. The highest BCUT2D eigenvalue weighted by molar-refractivity contribution is 5.85. The van der Waals surface area contributed by atoms with Gasteiger partial charge < -0.3 is 10.3 Å². The van der Waals surface area contributed by atoms with E-state index in [-0.39, 0.29) is 18.2 Å². The zero-order valence-electron chi connectivity index (χ0n) is 15.7. The standard InChI is InChI=1S/C20H22FN5O.ClH/c1-12-7-8-16(14(21)11-12)26-15-6-4-5-13(15)17(24-26)18-23-19(25-27-18)20(22)9-2-3-10-20;/h7-8,11H,2-6,9-10,22H2,1H3;1H. The molecule has 1 saturated carbocycles. The van der Waals surface area contributed by atoms with Gasteiger partial charge in [-0.25, -0.2) is 9.07 Å². The number of nitrogens with zero attached hydrogens (tertiary/aromatic N) is 4. The van der Waals surface area contributed by atoms with Gasteiger partial charge >= 0.3 is 0 Å². The minimum atomic E-state index is -0.503. The van der Waals surface area contributed by atoms with Crippen LogP contribution in [0.25, 0.3) is 17.3 Å². The van der Waals surface area contributed by atoms with Gasteiger partial charge in [0, 0.05) is 11.3 Å². The second kappa shape index (κ2) is 6.97. The summed E-state index contributed by atoms with van der Waals surface area (Å²) in [6, 6.07) is 5.19. The van der Waals surface area contributed by atoms with Crippen molar-refractivity contribution in [3.63, 3.8) is 0 Å². The van der Waals surface area contributed by atoms with Crippen LogP contribution in [0.2, 0.25) is 0 Å². The lowest BCUT2D eigenvalue weighted by molar-refractivity contribution is 0.372. The Kier molecular flexibility index (Phi) is 4.75. The summed E-state index contributed by atoms with van der Waals surface area (Å²) in [6.07, 6.45) is 6.64. The van der Waals surface area contributed by atoms with Gasteiger partial charge in [0.25, 0.3) is 5.89 Å². The van der Waals surface area contributed by atoms with E-state index in [2.05, 4.69) is 15.2 Å². The third-order valence-electron chi connectivity index (χ3n) is 5.83. The van der Waals surface area contributed by atoms with Gasteiger partial charge in [-0.1, -0.05) is 24.1 Å². The first kappa shape index (κ1) is 19.1. The van der Waals surface area contributed by atoms with Crippen molar-refractivity contribution >= 4 is 12.4 Å². The molecule has 1 aromatic carbocycles. The van der Waals surface area contributed by atoms with Crippen molar-refractivity contribution in [2.45, 2.75) is 57.4 Å². The molecule has 1 fully saturated rings. The van der Waals surface area contributed by atoms with Crippen molar-refractivity contribution in [3.8, 4) is 17.3 Å². The lowest BCUT2D eigenvalue weighted by Gasteiger charge is -2.17. The molecule has 2 heterocycles. The van der Waals surface area contributed by atoms with Gasteiger partial charge in [0.1, 0.15) is 11.5 Å². The maximum atomic E-state index is 14.5. The third kappa shape index (κ3) is 2.93. The monoisotopic (exact) mass is 403 g/mol. The lowest BCUT2D eigenvalue weighted by atomic mass is 9.99. The van der Waals surface area contributed by atoms with Crippen LogP contribution in [-0.2, 0) is 18.4 Å². The average molecular weight is 404 g/mol. The topological polar surface area (TPSA) is 82.8 Å². The number of aromatic nitrogens is 4. The summed E-state index contributed by atoms with van der Waals surface area (Å²) in [7, 11) is 0. The molecule has 0 atom stereocenters. The summed E-state index contributed by atoms with van der Waals surface area (Å²) in [5.41, 5.74) is 10.0. The van der Waals surface area contributed by atoms with Crippen molar-refractivity contribution in [3.05, 3.63) is 46.7 Å². The van der Waals surface area contributed by atoms with E-state index in [1.54, 1.807) is 10.7 Å². The van der Waals surface area contributed by atoms with Crippen LogP contribution in [0.1, 0.15) is 54.7 Å². The molecule has 6 nitrogen and oxygen atoms in total. The Labute approximate surface area is 168 Å². The van der Waals surface area contributed by atoms with Crippen LogP contribution in [0.5, 0.6) is 0 Å². The Hall–Kier alpha value is -2.25. The van der Waals surface area contributed by atoms with Gasteiger partial charge in [0.2, 0.25) is 0 Å². The van der Waals surface area contributed by atoms with E-state index < -0.39 is 5.54 Å². The SMILES string of the molecule is Cc1ccc(-n2nc(-c3nc(C4(N)CCCC4)no3)c3c2CCC3)c(F)c1.Cl. The Morgan fingerprint density at radius 2 is 1.96 bits per heavy atom. The molecule has 8 heteroatoms. The number of aryl methyl sites for hydroxylation is 1. The number of fused-ring (bicyclic) bond motifs is 1. The highest BCUT2D eigenvalue weighted by Gasteiger charge is 2.37. The largest absolute Gasteiger partial charge is 0.332 e. The molecule has 2 aromatic heterocycles. The van der Waals surface area contributed by atoms with Gasteiger partial charge in [0.15, 0.2) is 11.5 Å². The molecule has 2 aliphatic rings. The van der Waals surface area contributed by atoms with E-state index >= 15 is 0 Å². The molecule has 0 unspecified atom stereocenters. The highest BCUT2D eigenvalue weighted by atomic mass is 35.5. The van der Waals surface area contributed by atoms with Gasteiger partial charge in [-0.2, -0.15) is 10.1 Å². The molecule has 0 spiro atoms. The Balaban J connectivity index is 0.00000192. The normalized spacial score (nSPS) is 17.5. The van der Waals surface area contributed by atoms with Crippen LogP contribution in [0, 0.1) is 12.7 Å². The van der Waals surface area contributed by atoms with E-state index in [0.717, 1.165) is 61.8 Å². The molecule has 0 aliphatic heterocycles. The van der Waals surface area contributed by atoms with Crippen LogP contribution < -0.4 is 5.73 Å². The second-order valence-electron chi connectivity index (χ2n) is 7.78. The maximum Gasteiger partial charge on any atom is 0.278 e. The molecule has 0 saturated heterocycles. The molecule has 28 heavy (non-hydrogen) atoms. The van der Waals surface area contributed by atoms with Crippen molar-refractivity contribution in [2.75, 3.05) is 0 Å². The van der Waals surface area contributed by atoms with Crippen molar-refractivity contribution in [1.82, 2.24) is 19.9 Å². The number of benzene rings is 1. The molecular formula is C20H23ClFN5O. The minimum Gasteiger partial charge on any atom is -0.332 e. The summed E-state index contributed by atoms with van der Waals surface area (Å²) in [5, 5.41) is 8.81. The summed E-state index contributed by atoms with van der Waals surface area (Å²) in [6.45, 7) is 1.87. The van der Waals surface area contributed by atoms with Crippen LogP contribution in [0.4, 0.5) is 4.39 Å². The van der Waals surface area contributed by atoms with Gasteiger partial charge in [-0.15, -0.1) is 12.4 Å². The van der Waals surface area contributed by atoms with E-state index in [1.807, 2.05) is 13.0 Å². The molecule has 5 rings (SSSR count). The Morgan fingerprint density at radius 1 is 1.18 bits per heavy atom. The fourth-order valence-corrected chi connectivity index (χ4v) is 4.34. The first-order chi connectivity index (χ1) is 13.0. The number of rotatable bonds is 3. The summed E-state index contributed by atoms with van der Waals surface area (Å²) in [4.78, 5) is 4.58. The zero-order valence-corrected chi connectivity index (χ0v) is 16.6. The molecule has 2 aliphatic carbocycles. The van der Waals surface area contributed by atoms with Crippen molar-refractivity contribution in [1.29, 1.82) is 0 Å². The number of hydrogen-bond donors (Lipinski definition) is 1. The quantitative estimate of drug-likeness (QED) is 0.714. The van der Waals surface area contributed by atoms with Gasteiger partial charge in [0.05, 0.1) is 5.54 Å². The fourth-order valence-electron chi connectivity index (χ4n) is 4.34. The van der Waals surface area contributed by atoms with Crippen LogP contribution in [0.3, 0.4) is 0 Å². The molecule has 3 aromatic rings. The highest BCUT2D eigenvalue weighted by Crippen LogP contribution is 2.37. The predicted molar refractivity (Wildman–Crippen MR) is 105 cm³/mol. The molecular weight excluding hydrogens is 381 g/mol. The first-order valence-corrected chi connectivity index (χ1v) is 9.56. The van der Waals surface area contributed by atoms with Gasteiger partial charge in [-0.3, -0.25) is 0 Å². The second-order valence-corrected chi connectivity index (χ2v) is 7.78. The van der Waals surface area contributed by atoms with E-state index in [0.29, 0.717) is 23.1 Å². The number of hydrogen-bond acceptors (Lipinski definition) is 5. The van der Waals surface area contributed by atoms with E-state index in [1.165, 1.54) is 6.07 Å². The van der Waals surface area contributed by atoms with E-state index in [4.69, 9.17) is 10.3 Å². The van der Waals surface area contributed by atoms with Crippen LogP contribution in [-0.4, -0.2) is 19.9 Å². The van der Waals surface area contributed by atoms with Gasteiger partial charge in [-0.05, 0) is 56.7 Å². The van der Waals surface area contributed by atoms with Crippen molar-refractivity contribution in [2.24, 2.45) is 5.73 Å². The number of nitrogens with two attached hydrogens (primary N) is 1. The lowest BCUT2D eigenvalue weighted by Crippen LogP contribution is -2.34. The smallest absolute Gasteiger partial charge is 0.278 e. The van der Waals surface area contributed by atoms with Crippen LogP contribution >= 0.6 is 12.4 Å². The minimum absolute atomic E-state index is 0. The van der Waals surface area contributed by atoms with Crippen LogP contribution in [0.15, 0.2) is 22.7 Å². The third-order valence-corrected chi connectivity index (χ3v) is 5.83. The fraction of sp³-hybridized carbons (Fsp3) is 0.450. The molecule has 0 radical (unpaired) electrons. The van der Waals surface area contributed by atoms with Crippen molar-refractivity contribution < 1.29 is 8.91 Å². The first-order valence-electron chi connectivity index (χ1n) is 9.56. The average Bonchev–Trinajstić information content (AvgIpc) is 3.39.